The van der Waals surface area contributed by atoms with Gasteiger partial charge in [-0.15, -0.1) is 11.8 Å². The SMILES string of the molecule is NC1CCSc2c1cccc2[N+](=O)[O-]. The summed E-state index contributed by atoms with van der Waals surface area (Å²) < 4.78 is 0. The number of nitro groups is 1. The maximum absolute atomic E-state index is 10.7. The molecule has 0 aliphatic carbocycles. The molecule has 2 rings (SSSR count). The predicted octanol–water partition coefficient (Wildman–Crippen LogP) is 2.09. The van der Waals surface area contributed by atoms with E-state index in [2.05, 4.69) is 0 Å². The van der Waals surface area contributed by atoms with Gasteiger partial charge in [0.15, 0.2) is 0 Å². The molecule has 0 saturated heterocycles. The van der Waals surface area contributed by atoms with Gasteiger partial charge in [0.05, 0.1) is 9.82 Å². The van der Waals surface area contributed by atoms with E-state index >= 15 is 0 Å². The Morgan fingerprint density at radius 2 is 2.36 bits per heavy atom. The Morgan fingerprint density at radius 1 is 1.57 bits per heavy atom. The van der Waals surface area contributed by atoms with Gasteiger partial charge in [-0.3, -0.25) is 10.1 Å². The minimum absolute atomic E-state index is 0.0499. The van der Waals surface area contributed by atoms with E-state index in [1.165, 1.54) is 17.8 Å². The molecule has 5 heteroatoms. The van der Waals surface area contributed by atoms with Gasteiger partial charge in [-0.25, -0.2) is 0 Å². The van der Waals surface area contributed by atoms with Crippen molar-refractivity contribution in [2.24, 2.45) is 5.73 Å². The van der Waals surface area contributed by atoms with E-state index in [1.54, 1.807) is 6.07 Å². The van der Waals surface area contributed by atoms with Crippen molar-refractivity contribution in [1.82, 2.24) is 0 Å². The molecule has 0 fully saturated rings. The number of rotatable bonds is 1. The van der Waals surface area contributed by atoms with Crippen LogP contribution >= 0.6 is 11.8 Å². The summed E-state index contributed by atoms with van der Waals surface area (Å²) in [6.45, 7) is 0. The summed E-state index contributed by atoms with van der Waals surface area (Å²) in [5, 5.41) is 10.7. The van der Waals surface area contributed by atoms with E-state index in [4.69, 9.17) is 5.73 Å². The topological polar surface area (TPSA) is 69.2 Å². The first-order valence-electron chi connectivity index (χ1n) is 4.36. The Labute approximate surface area is 85.6 Å². The van der Waals surface area contributed by atoms with Crippen LogP contribution in [-0.2, 0) is 0 Å². The number of benzene rings is 1. The lowest BCUT2D eigenvalue weighted by molar-refractivity contribution is -0.387. The first kappa shape index (κ1) is 9.48. The smallest absolute Gasteiger partial charge is 0.283 e. The van der Waals surface area contributed by atoms with Crippen molar-refractivity contribution in [2.45, 2.75) is 17.4 Å². The highest BCUT2D eigenvalue weighted by Crippen LogP contribution is 2.40. The summed E-state index contributed by atoms with van der Waals surface area (Å²) in [4.78, 5) is 11.1. The van der Waals surface area contributed by atoms with Gasteiger partial charge in [-0.1, -0.05) is 12.1 Å². The molecule has 0 amide bonds. The Morgan fingerprint density at radius 3 is 3.07 bits per heavy atom. The van der Waals surface area contributed by atoms with Gasteiger partial charge >= 0.3 is 0 Å². The molecule has 1 aromatic carbocycles. The molecule has 1 unspecified atom stereocenters. The number of hydrogen-bond donors (Lipinski definition) is 1. The summed E-state index contributed by atoms with van der Waals surface area (Å²) in [6.07, 6.45) is 0.888. The maximum atomic E-state index is 10.7. The van der Waals surface area contributed by atoms with Crippen LogP contribution < -0.4 is 5.73 Å². The molecule has 1 aliphatic heterocycles. The van der Waals surface area contributed by atoms with Gasteiger partial charge in [0.1, 0.15) is 0 Å². The molecule has 1 aliphatic rings. The quantitative estimate of drug-likeness (QED) is 0.569. The third-order valence-electron chi connectivity index (χ3n) is 2.30. The highest BCUT2D eigenvalue weighted by molar-refractivity contribution is 7.99. The second-order valence-electron chi connectivity index (χ2n) is 3.20. The van der Waals surface area contributed by atoms with Crippen LogP contribution in [0.1, 0.15) is 18.0 Å². The normalized spacial score (nSPS) is 20.2. The highest BCUT2D eigenvalue weighted by atomic mass is 32.2. The van der Waals surface area contributed by atoms with E-state index in [0.29, 0.717) is 0 Å². The Kier molecular flexibility index (Phi) is 2.43. The average Bonchev–Trinajstić information content (AvgIpc) is 2.17. The second kappa shape index (κ2) is 3.59. The molecule has 1 heterocycles. The molecular weight excluding hydrogens is 200 g/mol. The van der Waals surface area contributed by atoms with Crippen LogP contribution in [0.3, 0.4) is 0 Å². The van der Waals surface area contributed by atoms with Crippen molar-refractivity contribution in [3.63, 3.8) is 0 Å². The zero-order chi connectivity index (χ0) is 10.1. The van der Waals surface area contributed by atoms with E-state index in [1.807, 2.05) is 6.07 Å². The zero-order valence-electron chi connectivity index (χ0n) is 7.47. The fourth-order valence-electron chi connectivity index (χ4n) is 1.58. The molecule has 0 bridgehead atoms. The van der Waals surface area contributed by atoms with E-state index in [9.17, 15) is 10.1 Å². The summed E-state index contributed by atoms with van der Waals surface area (Å²) >= 11 is 1.53. The van der Waals surface area contributed by atoms with Crippen molar-refractivity contribution in [1.29, 1.82) is 0 Å². The van der Waals surface area contributed by atoms with Crippen molar-refractivity contribution in [2.75, 3.05) is 5.75 Å². The van der Waals surface area contributed by atoms with Crippen LogP contribution in [0.5, 0.6) is 0 Å². The number of nitrogens with two attached hydrogens (primary N) is 1. The van der Waals surface area contributed by atoms with Crippen LogP contribution in [0.2, 0.25) is 0 Å². The summed E-state index contributed by atoms with van der Waals surface area (Å²) in [5.74, 6) is 0.860. The van der Waals surface area contributed by atoms with Crippen molar-refractivity contribution in [3.05, 3.63) is 33.9 Å². The van der Waals surface area contributed by atoms with Gasteiger partial charge in [0, 0.05) is 17.9 Å². The fraction of sp³-hybridized carbons (Fsp3) is 0.333. The number of thioether (sulfide) groups is 1. The van der Waals surface area contributed by atoms with Gasteiger partial charge in [-0.2, -0.15) is 0 Å². The van der Waals surface area contributed by atoms with Crippen LogP contribution in [0.4, 0.5) is 5.69 Å². The summed E-state index contributed by atoms with van der Waals surface area (Å²) in [6, 6.07) is 5.05. The molecule has 2 N–H and O–H groups in total. The molecule has 0 aromatic heterocycles. The monoisotopic (exact) mass is 210 g/mol. The molecule has 0 spiro atoms. The van der Waals surface area contributed by atoms with E-state index < -0.39 is 0 Å². The minimum Gasteiger partial charge on any atom is -0.324 e. The Bertz CT molecular complexity index is 381. The van der Waals surface area contributed by atoms with Gasteiger partial charge < -0.3 is 5.73 Å². The van der Waals surface area contributed by atoms with Crippen LogP contribution in [0.25, 0.3) is 0 Å². The van der Waals surface area contributed by atoms with Gasteiger partial charge in [-0.05, 0) is 12.0 Å². The molecule has 74 valence electrons. The highest BCUT2D eigenvalue weighted by Gasteiger charge is 2.24. The molecular formula is C9H10N2O2S. The zero-order valence-corrected chi connectivity index (χ0v) is 8.29. The predicted molar refractivity (Wildman–Crippen MR) is 55.4 cm³/mol. The number of nitrogens with zero attached hydrogens (tertiary/aromatic N) is 1. The first-order valence-corrected chi connectivity index (χ1v) is 5.34. The van der Waals surface area contributed by atoms with Crippen LogP contribution in [0, 0.1) is 10.1 Å². The average molecular weight is 210 g/mol. The summed E-state index contributed by atoms with van der Waals surface area (Å²) in [5.41, 5.74) is 6.97. The molecule has 4 nitrogen and oxygen atoms in total. The fourth-order valence-corrected chi connectivity index (χ4v) is 2.83. The van der Waals surface area contributed by atoms with E-state index in [0.717, 1.165) is 22.6 Å². The summed E-state index contributed by atoms with van der Waals surface area (Å²) in [7, 11) is 0. The lowest BCUT2D eigenvalue weighted by Gasteiger charge is -2.20. The lowest BCUT2D eigenvalue weighted by Crippen LogP contribution is -2.16. The Hall–Kier alpha value is -1.07. The van der Waals surface area contributed by atoms with Crippen LogP contribution in [0.15, 0.2) is 23.1 Å². The lowest BCUT2D eigenvalue weighted by atomic mass is 10.0. The largest absolute Gasteiger partial charge is 0.324 e. The molecule has 1 aromatic rings. The maximum Gasteiger partial charge on any atom is 0.283 e. The van der Waals surface area contributed by atoms with Crippen molar-refractivity contribution < 1.29 is 4.92 Å². The standard InChI is InChI=1S/C9H10N2O2S/c10-7-4-5-14-9-6(7)2-1-3-8(9)11(12)13/h1-3,7H,4-5,10H2. The first-order chi connectivity index (χ1) is 6.70. The van der Waals surface area contributed by atoms with E-state index in [-0.39, 0.29) is 16.7 Å². The molecule has 14 heavy (non-hydrogen) atoms. The second-order valence-corrected chi connectivity index (χ2v) is 4.30. The van der Waals surface area contributed by atoms with Gasteiger partial charge in [0.2, 0.25) is 0 Å². The molecule has 1 atom stereocenters. The molecule has 0 saturated carbocycles. The van der Waals surface area contributed by atoms with Crippen molar-refractivity contribution in [3.8, 4) is 0 Å². The third-order valence-corrected chi connectivity index (χ3v) is 3.47. The van der Waals surface area contributed by atoms with Crippen molar-refractivity contribution >= 4 is 17.4 Å². The van der Waals surface area contributed by atoms with Crippen LogP contribution in [-0.4, -0.2) is 10.7 Å². The minimum atomic E-state index is -0.343. The number of fused-ring (bicyclic) bond motifs is 1. The molecule has 0 radical (unpaired) electrons. The Balaban J connectivity index is 2.55. The number of hydrogen-bond acceptors (Lipinski definition) is 4. The van der Waals surface area contributed by atoms with Gasteiger partial charge in [0.25, 0.3) is 5.69 Å². The number of nitro benzene ring substituents is 1. The third kappa shape index (κ3) is 1.49.